The van der Waals surface area contributed by atoms with Gasteiger partial charge in [-0.05, 0) is 58.2 Å². The van der Waals surface area contributed by atoms with Crippen LogP contribution in [0.2, 0.25) is 0 Å². The number of hydrogen-bond donors (Lipinski definition) is 0. The molecule has 1 aromatic rings. The molecule has 2 aliphatic rings. The highest BCUT2D eigenvalue weighted by Crippen LogP contribution is 2.29. The van der Waals surface area contributed by atoms with E-state index in [0.29, 0.717) is 12.0 Å². The maximum absolute atomic E-state index is 11.6. The number of carbonyl (C=O) groups is 1. The number of benzene rings is 1. The molecule has 0 bridgehead atoms. The molecule has 3 rings (SSSR count). The summed E-state index contributed by atoms with van der Waals surface area (Å²) in [6, 6.07) is 11.1. The molecule has 1 atom stereocenters. The molecular formula is C21H33N3O. The van der Waals surface area contributed by atoms with Crippen molar-refractivity contribution in [3.63, 3.8) is 0 Å². The van der Waals surface area contributed by atoms with Crippen LogP contribution in [-0.2, 0) is 11.3 Å². The van der Waals surface area contributed by atoms with Crippen LogP contribution in [0, 0.1) is 5.92 Å². The molecule has 2 saturated heterocycles. The summed E-state index contributed by atoms with van der Waals surface area (Å²) in [7, 11) is 0. The van der Waals surface area contributed by atoms with Crippen molar-refractivity contribution in [2.75, 3.05) is 32.7 Å². The van der Waals surface area contributed by atoms with Crippen LogP contribution in [-0.4, -0.2) is 65.4 Å². The first kappa shape index (κ1) is 18.4. The predicted molar refractivity (Wildman–Crippen MR) is 102 cm³/mol. The van der Waals surface area contributed by atoms with Crippen LogP contribution in [0.3, 0.4) is 0 Å². The molecule has 0 aromatic heterocycles. The molecular weight excluding hydrogens is 310 g/mol. The van der Waals surface area contributed by atoms with E-state index < -0.39 is 0 Å². The molecule has 138 valence electrons. The minimum atomic E-state index is 0.182. The molecule has 2 heterocycles. The summed E-state index contributed by atoms with van der Waals surface area (Å²) in [5.41, 5.74) is 1.58. The van der Waals surface area contributed by atoms with Crippen molar-refractivity contribution in [2.45, 2.75) is 51.7 Å². The van der Waals surface area contributed by atoms with Crippen LogP contribution in [0.5, 0.6) is 0 Å². The molecule has 0 spiro atoms. The minimum Gasteiger partial charge on any atom is -0.339 e. The smallest absolute Gasteiger partial charge is 0.210 e. The maximum Gasteiger partial charge on any atom is 0.210 e. The van der Waals surface area contributed by atoms with Gasteiger partial charge in [-0.2, -0.15) is 0 Å². The quantitative estimate of drug-likeness (QED) is 0.787. The lowest BCUT2D eigenvalue weighted by atomic mass is 9.86. The van der Waals surface area contributed by atoms with Gasteiger partial charge in [0.2, 0.25) is 6.41 Å². The standard InChI is InChI=1S/C21H33N3O/c1-21(2,3)24-14-13-23(17-25)20(16-24)19-9-11-22(12-10-19)15-18-7-5-4-6-8-18/h4-8,17,19-20H,9-16H2,1-3H3. The van der Waals surface area contributed by atoms with E-state index in [2.05, 4.69) is 65.8 Å². The summed E-state index contributed by atoms with van der Waals surface area (Å²) in [4.78, 5) is 18.7. The van der Waals surface area contributed by atoms with Crippen molar-refractivity contribution in [3.05, 3.63) is 35.9 Å². The first-order valence-corrected chi connectivity index (χ1v) is 9.70. The molecule has 0 radical (unpaired) electrons. The largest absolute Gasteiger partial charge is 0.339 e. The predicted octanol–water partition coefficient (Wildman–Crippen LogP) is 2.84. The Labute approximate surface area is 152 Å². The van der Waals surface area contributed by atoms with Gasteiger partial charge in [0.1, 0.15) is 0 Å². The van der Waals surface area contributed by atoms with Crippen LogP contribution in [0.4, 0.5) is 0 Å². The van der Waals surface area contributed by atoms with Crippen LogP contribution < -0.4 is 0 Å². The maximum atomic E-state index is 11.6. The summed E-state index contributed by atoms with van der Waals surface area (Å²) in [5, 5.41) is 0. The van der Waals surface area contributed by atoms with Gasteiger partial charge in [0.25, 0.3) is 0 Å². The van der Waals surface area contributed by atoms with Crippen LogP contribution in [0.1, 0.15) is 39.2 Å². The Morgan fingerprint density at radius 1 is 1.04 bits per heavy atom. The fourth-order valence-electron chi connectivity index (χ4n) is 4.32. The molecule has 0 aliphatic carbocycles. The zero-order chi connectivity index (χ0) is 17.9. The molecule has 25 heavy (non-hydrogen) atoms. The van der Waals surface area contributed by atoms with E-state index in [1.807, 2.05) is 0 Å². The number of carbonyl (C=O) groups excluding carboxylic acids is 1. The molecule has 0 saturated carbocycles. The van der Waals surface area contributed by atoms with Crippen molar-refractivity contribution >= 4 is 6.41 Å². The number of piperazine rings is 1. The van der Waals surface area contributed by atoms with Gasteiger partial charge in [-0.1, -0.05) is 30.3 Å². The van der Waals surface area contributed by atoms with Gasteiger partial charge in [0.15, 0.2) is 0 Å². The Morgan fingerprint density at radius 3 is 2.32 bits per heavy atom. The van der Waals surface area contributed by atoms with Crippen molar-refractivity contribution < 1.29 is 4.79 Å². The van der Waals surface area contributed by atoms with E-state index in [9.17, 15) is 4.79 Å². The van der Waals surface area contributed by atoms with Crippen molar-refractivity contribution in [1.82, 2.24) is 14.7 Å². The average Bonchev–Trinajstić information content (AvgIpc) is 2.62. The zero-order valence-corrected chi connectivity index (χ0v) is 16.0. The third kappa shape index (κ3) is 4.62. The molecule has 2 aliphatic heterocycles. The second-order valence-corrected chi connectivity index (χ2v) is 8.63. The van der Waals surface area contributed by atoms with Gasteiger partial charge in [0.05, 0.1) is 0 Å². The third-order valence-electron chi connectivity index (χ3n) is 5.97. The van der Waals surface area contributed by atoms with E-state index in [0.717, 1.165) is 45.7 Å². The Kier molecular flexibility index (Phi) is 5.80. The number of likely N-dealkylation sites (tertiary alicyclic amines) is 1. The lowest BCUT2D eigenvalue weighted by molar-refractivity contribution is -0.126. The van der Waals surface area contributed by atoms with Gasteiger partial charge in [-0.25, -0.2) is 0 Å². The average molecular weight is 344 g/mol. The summed E-state index contributed by atoms with van der Waals surface area (Å²) < 4.78 is 0. The molecule has 1 amide bonds. The molecule has 0 N–H and O–H groups in total. The van der Waals surface area contributed by atoms with E-state index in [1.54, 1.807) is 0 Å². The summed E-state index contributed by atoms with van der Waals surface area (Å²) in [5.74, 6) is 0.627. The molecule has 4 heteroatoms. The fraction of sp³-hybridized carbons (Fsp3) is 0.667. The fourth-order valence-corrected chi connectivity index (χ4v) is 4.32. The lowest BCUT2D eigenvalue weighted by Gasteiger charge is -2.49. The first-order valence-electron chi connectivity index (χ1n) is 9.70. The number of nitrogens with zero attached hydrogens (tertiary/aromatic N) is 3. The van der Waals surface area contributed by atoms with Crippen molar-refractivity contribution in [3.8, 4) is 0 Å². The molecule has 4 nitrogen and oxygen atoms in total. The summed E-state index contributed by atoms with van der Waals surface area (Å²) in [6.07, 6.45) is 3.47. The number of amides is 1. The normalized spacial score (nSPS) is 24.4. The molecule has 1 unspecified atom stereocenters. The van der Waals surface area contributed by atoms with E-state index >= 15 is 0 Å². The van der Waals surface area contributed by atoms with Gasteiger partial charge in [-0.15, -0.1) is 0 Å². The lowest BCUT2D eigenvalue weighted by Crippen LogP contribution is -2.60. The minimum absolute atomic E-state index is 0.182. The van der Waals surface area contributed by atoms with Gasteiger partial charge >= 0.3 is 0 Å². The van der Waals surface area contributed by atoms with Crippen LogP contribution in [0.25, 0.3) is 0 Å². The Hall–Kier alpha value is -1.39. The van der Waals surface area contributed by atoms with E-state index in [1.165, 1.54) is 18.4 Å². The number of piperidine rings is 1. The first-order chi connectivity index (χ1) is 12.0. The Balaban J connectivity index is 1.57. The van der Waals surface area contributed by atoms with E-state index in [-0.39, 0.29) is 5.54 Å². The second kappa shape index (κ2) is 7.88. The Morgan fingerprint density at radius 2 is 1.72 bits per heavy atom. The highest BCUT2D eigenvalue weighted by atomic mass is 16.1. The van der Waals surface area contributed by atoms with Crippen LogP contribution in [0.15, 0.2) is 30.3 Å². The molecule has 1 aromatic carbocycles. The number of rotatable bonds is 4. The summed E-state index contributed by atoms with van der Waals surface area (Å²) >= 11 is 0. The zero-order valence-electron chi connectivity index (χ0n) is 16.0. The van der Waals surface area contributed by atoms with Crippen molar-refractivity contribution in [1.29, 1.82) is 0 Å². The highest BCUT2D eigenvalue weighted by molar-refractivity contribution is 5.48. The van der Waals surface area contributed by atoms with Gasteiger partial charge < -0.3 is 4.90 Å². The SMILES string of the molecule is CC(C)(C)N1CCN(C=O)C(C2CCN(Cc3ccccc3)CC2)C1. The highest BCUT2D eigenvalue weighted by Gasteiger charge is 2.37. The third-order valence-corrected chi connectivity index (χ3v) is 5.97. The topological polar surface area (TPSA) is 26.8 Å². The Bertz CT molecular complexity index is 546. The van der Waals surface area contributed by atoms with E-state index in [4.69, 9.17) is 0 Å². The molecule has 2 fully saturated rings. The van der Waals surface area contributed by atoms with Gasteiger partial charge in [0, 0.05) is 37.8 Å². The van der Waals surface area contributed by atoms with Crippen LogP contribution >= 0.6 is 0 Å². The van der Waals surface area contributed by atoms with Crippen molar-refractivity contribution in [2.24, 2.45) is 5.92 Å². The monoisotopic (exact) mass is 343 g/mol. The number of hydrogen-bond acceptors (Lipinski definition) is 3. The van der Waals surface area contributed by atoms with Gasteiger partial charge in [-0.3, -0.25) is 14.6 Å². The summed E-state index contributed by atoms with van der Waals surface area (Å²) in [6.45, 7) is 13.0. The second-order valence-electron chi connectivity index (χ2n) is 8.63.